The molecule has 2 aromatic heterocycles. The van der Waals surface area contributed by atoms with Gasteiger partial charge >= 0.3 is 0 Å². The summed E-state index contributed by atoms with van der Waals surface area (Å²) in [6, 6.07) is 19.7. The van der Waals surface area contributed by atoms with Gasteiger partial charge in [-0.25, -0.2) is 4.98 Å². The number of imidazole rings is 1. The topological polar surface area (TPSA) is 56.1 Å². The minimum absolute atomic E-state index is 0.0759. The Morgan fingerprint density at radius 1 is 1.11 bits per heavy atom. The zero-order valence-corrected chi connectivity index (χ0v) is 15.7. The fourth-order valence-corrected chi connectivity index (χ4v) is 3.64. The molecule has 4 rings (SSSR count). The smallest absolute Gasteiger partial charge is 0.261 e. The van der Waals surface area contributed by atoms with Crippen LogP contribution in [0.3, 0.4) is 0 Å². The fraction of sp³-hybridized carbons (Fsp3) is 0.143. The highest BCUT2D eigenvalue weighted by Crippen LogP contribution is 2.20. The van der Waals surface area contributed by atoms with Gasteiger partial charge in [0.1, 0.15) is 11.6 Å². The Kier molecular flexibility index (Phi) is 4.89. The maximum Gasteiger partial charge on any atom is 0.261 e. The Morgan fingerprint density at radius 3 is 2.67 bits per heavy atom. The van der Waals surface area contributed by atoms with Gasteiger partial charge in [0, 0.05) is 6.54 Å². The van der Waals surface area contributed by atoms with E-state index < -0.39 is 0 Å². The fourth-order valence-electron chi connectivity index (χ4n) is 3.00. The summed E-state index contributed by atoms with van der Waals surface area (Å²) >= 11 is 1.43. The highest BCUT2D eigenvalue weighted by atomic mass is 32.1. The Bertz CT molecular complexity index is 1050. The van der Waals surface area contributed by atoms with Crippen LogP contribution in [0.2, 0.25) is 0 Å². The number of methoxy groups -OCH3 is 1. The summed E-state index contributed by atoms with van der Waals surface area (Å²) in [6.07, 6.45) is 0. The quantitative estimate of drug-likeness (QED) is 0.551. The van der Waals surface area contributed by atoms with Gasteiger partial charge in [0.2, 0.25) is 0 Å². The molecule has 0 atom stereocenters. The second kappa shape index (κ2) is 7.63. The number of amides is 1. The molecule has 5 nitrogen and oxygen atoms in total. The van der Waals surface area contributed by atoms with Gasteiger partial charge in [0.05, 0.1) is 29.6 Å². The molecule has 0 bridgehead atoms. The molecule has 0 saturated heterocycles. The number of rotatable bonds is 6. The minimum Gasteiger partial charge on any atom is -0.497 e. The van der Waals surface area contributed by atoms with E-state index in [4.69, 9.17) is 9.72 Å². The second-order valence-corrected chi connectivity index (χ2v) is 7.06. The van der Waals surface area contributed by atoms with Crippen molar-refractivity contribution in [1.29, 1.82) is 0 Å². The molecule has 136 valence electrons. The van der Waals surface area contributed by atoms with Gasteiger partial charge in [-0.3, -0.25) is 4.79 Å². The first-order chi connectivity index (χ1) is 13.2. The predicted octanol–water partition coefficient (Wildman–Crippen LogP) is 4.08. The highest BCUT2D eigenvalue weighted by Gasteiger charge is 2.13. The molecule has 0 unspecified atom stereocenters. The Morgan fingerprint density at radius 2 is 1.93 bits per heavy atom. The van der Waals surface area contributed by atoms with Gasteiger partial charge < -0.3 is 14.6 Å². The first-order valence-corrected chi connectivity index (χ1v) is 9.51. The lowest BCUT2D eigenvalue weighted by Crippen LogP contribution is -2.24. The van der Waals surface area contributed by atoms with Gasteiger partial charge in [-0.15, -0.1) is 11.3 Å². The molecule has 27 heavy (non-hydrogen) atoms. The van der Waals surface area contributed by atoms with Crippen LogP contribution < -0.4 is 10.1 Å². The highest BCUT2D eigenvalue weighted by molar-refractivity contribution is 7.12. The van der Waals surface area contributed by atoms with Crippen LogP contribution in [0.1, 0.15) is 21.1 Å². The number of nitrogens with one attached hydrogen (secondary N) is 1. The number of fused-ring (bicyclic) bond motifs is 1. The lowest BCUT2D eigenvalue weighted by Gasteiger charge is -2.11. The third-order valence-electron chi connectivity index (χ3n) is 4.39. The number of carbonyl (C=O) groups is 1. The van der Waals surface area contributed by atoms with E-state index in [0.717, 1.165) is 28.2 Å². The van der Waals surface area contributed by atoms with E-state index in [0.29, 0.717) is 18.0 Å². The van der Waals surface area contributed by atoms with E-state index in [2.05, 4.69) is 16.0 Å². The number of nitrogens with zero attached hydrogens (tertiary/aromatic N) is 2. The maximum absolute atomic E-state index is 12.3. The predicted molar refractivity (Wildman–Crippen MR) is 107 cm³/mol. The van der Waals surface area contributed by atoms with Crippen molar-refractivity contribution < 1.29 is 9.53 Å². The van der Waals surface area contributed by atoms with E-state index in [9.17, 15) is 4.79 Å². The monoisotopic (exact) mass is 377 g/mol. The maximum atomic E-state index is 12.3. The number of hydrogen-bond donors (Lipinski definition) is 1. The van der Waals surface area contributed by atoms with E-state index >= 15 is 0 Å². The lowest BCUT2D eigenvalue weighted by atomic mass is 10.2. The molecule has 1 N–H and O–H groups in total. The molecule has 0 fully saturated rings. The van der Waals surface area contributed by atoms with Crippen molar-refractivity contribution in [3.63, 3.8) is 0 Å². The molecule has 2 aromatic carbocycles. The summed E-state index contributed by atoms with van der Waals surface area (Å²) in [5, 5.41) is 4.87. The Hall–Kier alpha value is -3.12. The van der Waals surface area contributed by atoms with Crippen molar-refractivity contribution in [2.24, 2.45) is 0 Å². The summed E-state index contributed by atoms with van der Waals surface area (Å²) in [7, 11) is 1.66. The standard InChI is InChI=1S/C21H19N3O2S/c1-26-16-10-8-15(9-11-16)14-24-18-6-3-2-5-17(18)23-20(24)13-22-21(25)19-7-4-12-27-19/h2-12H,13-14H2,1H3,(H,22,25). The molecular weight excluding hydrogens is 358 g/mol. The molecule has 0 aliphatic rings. The Labute approximate surface area is 161 Å². The van der Waals surface area contributed by atoms with Crippen molar-refractivity contribution >= 4 is 28.3 Å². The van der Waals surface area contributed by atoms with Gasteiger partial charge in [0.25, 0.3) is 5.91 Å². The van der Waals surface area contributed by atoms with Crippen LogP contribution in [0, 0.1) is 0 Å². The Balaban J connectivity index is 1.61. The lowest BCUT2D eigenvalue weighted by molar-refractivity contribution is 0.0953. The van der Waals surface area contributed by atoms with Crippen LogP contribution in [0.5, 0.6) is 5.75 Å². The molecular formula is C21H19N3O2S. The summed E-state index contributed by atoms with van der Waals surface area (Å²) in [4.78, 5) is 17.7. The average molecular weight is 377 g/mol. The third-order valence-corrected chi connectivity index (χ3v) is 5.25. The molecule has 2 heterocycles. The van der Waals surface area contributed by atoms with E-state index in [1.54, 1.807) is 7.11 Å². The van der Waals surface area contributed by atoms with Crippen LogP contribution in [0.25, 0.3) is 11.0 Å². The number of para-hydroxylation sites is 2. The molecule has 0 saturated carbocycles. The van der Waals surface area contributed by atoms with Crippen molar-refractivity contribution in [2.45, 2.75) is 13.1 Å². The SMILES string of the molecule is COc1ccc(Cn2c(CNC(=O)c3cccs3)nc3ccccc32)cc1. The van der Waals surface area contributed by atoms with Crippen molar-refractivity contribution in [2.75, 3.05) is 7.11 Å². The largest absolute Gasteiger partial charge is 0.497 e. The first kappa shape index (κ1) is 17.3. The molecule has 0 radical (unpaired) electrons. The van der Waals surface area contributed by atoms with Gasteiger partial charge in [-0.1, -0.05) is 30.3 Å². The van der Waals surface area contributed by atoms with Crippen LogP contribution in [-0.2, 0) is 13.1 Å². The van der Waals surface area contributed by atoms with Crippen molar-refractivity contribution in [1.82, 2.24) is 14.9 Å². The summed E-state index contributed by atoms with van der Waals surface area (Å²) in [6.45, 7) is 1.05. The van der Waals surface area contributed by atoms with Gasteiger partial charge in [-0.2, -0.15) is 0 Å². The summed E-state index contributed by atoms with van der Waals surface area (Å²) in [5.41, 5.74) is 3.12. The third kappa shape index (κ3) is 3.71. The van der Waals surface area contributed by atoms with Crippen LogP contribution in [-0.4, -0.2) is 22.6 Å². The van der Waals surface area contributed by atoms with E-state index in [1.165, 1.54) is 11.3 Å². The molecule has 0 aliphatic heterocycles. The number of carbonyl (C=O) groups excluding carboxylic acids is 1. The summed E-state index contributed by atoms with van der Waals surface area (Å²) < 4.78 is 7.38. The van der Waals surface area contributed by atoms with Gasteiger partial charge in [0.15, 0.2) is 0 Å². The van der Waals surface area contributed by atoms with Crippen molar-refractivity contribution in [3.05, 3.63) is 82.3 Å². The van der Waals surface area contributed by atoms with E-state index in [-0.39, 0.29) is 5.91 Å². The molecule has 4 aromatic rings. The second-order valence-electron chi connectivity index (χ2n) is 6.11. The first-order valence-electron chi connectivity index (χ1n) is 8.63. The molecule has 6 heteroatoms. The van der Waals surface area contributed by atoms with E-state index in [1.807, 2.05) is 60.0 Å². The zero-order chi connectivity index (χ0) is 18.6. The van der Waals surface area contributed by atoms with Crippen molar-refractivity contribution in [3.8, 4) is 5.75 Å². The number of benzene rings is 2. The number of thiophene rings is 1. The molecule has 0 aliphatic carbocycles. The normalized spacial score (nSPS) is 10.9. The van der Waals surface area contributed by atoms with Crippen LogP contribution in [0.4, 0.5) is 0 Å². The average Bonchev–Trinajstić information content (AvgIpc) is 3.36. The van der Waals surface area contributed by atoms with Gasteiger partial charge in [-0.05, 0) is 41.3 Å². The summed E-state index contributed by atoms with van der Waals surface area (Å²) in [5.74, 6) is 1.59. The molecule has 0 spiro atoms. The zero-order valence-electron chi connectivity index (χ0n) is 14.9. The molecule has 1 amide bonds. The number of aromatic nitrogens is 2. The number of hydrogen-bond acceptors (Lipinski definition) is 4. The minimum atomic E-state index is -0.0759. The van der Waals surface area contributed by atoms with Crippen LogP contribution in [0.15, 0.2) is 66.0 Å². The number of ether oxygens (including phenoxy) is 1. The van der Waals surface area contributed by atoms with Crippen LogP contribution >= 0.6 is 11.3 Å².